The van der Waals surface area contributed by atoms with Gasteiger partial charge in [-0.2, -0.15) is 0 Å². The number of nitrogens with one attached hydrogen (secondary N) is 1. The van der Waals surface area contributed by atoms with Crippen molar-refractivity contribution in [2.45, 2.75) is 50.0 Å². The third kappa shape index (κ3) is 4.81. The lowest BCUT2D eigenvalue weighted by Crippen LogP contribution is -2.41. The maximum atomic E-state index is 12.9. The lowest BCUT2D eigenvalue weighted by Gasteiger charge is -2.41. The minimum atomic E-state index is 0.0693. The summed E-state index contributed by atoms with van der Waals surface area (Å²) in [5.74, 6) is 0.826. The van der Waals surface area contributed by atoms with Crippen molar-refractivity contribution in [2.75, 3.05) is 20.2 Å². The molecule has 0 spiro atoms. The van der Waals surface area contributed by atoms with Gasteiger partial charge in [0.1, 0.15) is 5.75 Å². The quantitative estimate of drug-likeness (QED) is 0.643. The number of Topliss-reactive ketones (excluding diaryl/α,β-unsaturated/α-hetero) is 1. The van der Waals surface area contributed by atoms with Crippen LogP contribution >= 0.6 is 0 Å². The summed E-state index contributed by atoms with van der Waals surface area (Å²) in [6, 6.07) is 18.8. The molecule has 0 saturated heterocycles. The van der Waals surface area contributed by atoms with E-state index in [9.17, 15) is 4.79 Å². The van der Waals surface area contributed by atoms with Gasteiger partial charge in [0, 0.05) is 25.6 Å². The average molecular weight is 381 g/mol. The highest BCUT2D eigenvalue weighted by Crippen LogP contribution is 2.43. The number of hydrogen-bond donors (Lipinski definition) is 2. The Labute approximate surface area is 168 Å². The molecule has 28 heavy (non-hydrogen) atoms. The van der Waals surface area contributed by atoms with Gasteiger partial charge < -0.3 is 15.8 Å². The molecule has 0 atom stereocenters. The molecule has 2 aromatic rings. The summed E-state index contributed by atoms with van der Waals surface area (Å²) in [7, 11) is 1.62. The van der Waals surface area contributed by atoms with Crippen LogP contribution in [0.3, 0.4) is 0 Å². The van der Waals surface area contributed by atoms with E-state index in [1.54, 1.807) is 7.11 Å². The molecule has 3 N–H and O–H groups in total. The Hall–Kier alpha value is -2.17. The molecule has 1 saturated carbocycles. The first kappa shape index (κ1) is 20.6. The Morgan fingerprint density at radius 2 is 1.79 bits per heavy atom. The number of ether oxygens (including phenoxy) is 1. The number of hydrogen-bond acceptors (Lipinski definition) is 4. The Morgan fingerprint density at radius 1 is 1.11 bits per heavy atom. The molecule has 0 radical (unpaired) electrons. The molecule has 0 unspecified atom stereocenters. The zero-order valence-corrected chi connectivity index (χ0v) is 16.8. The van der Waals surface area contributed by atoms with Gasteiger partial charge in [-0.3, -0.25) is 4.79 Å². The van der Waals surface area contributed by atoms with Crippen molar-refractivity contribution in [1.82, 2.24) is 5.32 Å². The predicted molar refractivity (Wildman–Crippen MR) is 114 cm³/mol. The van der Waals surface area contributed by atoms with E-state index in [4.69, 9.17) is 10.5 Å². The summed E-state index contributed by atoms with van der Waals surface area (Å²) in [6.45, 7) is 1.54. The van der Waals surface area contributed by atoms with E-state index in [1.807, 2.05) is 24.3 Å². The molecule has 1 aliphatic carbocycles. The lowest BCUT2D eigenvalue weighted by molar-refractivity contribution is 0.0958. The Balaban J connectivity index is 1.73. The van der Waals surface area contributed by atoms with Gasteiger partial charge in [0.25, 0.3) is 0 Å². The Kier molecular flexibility index (Phi) is 7.24. The number of methoxy groups -OCH3 is 1. The number of para-hydroxylation sites is 1. The molecule has 4 heteroatoms. The van der Waals surface area contributed by atoms with Crippen molar-refractivity contribution >= 4 is 5.78 Å². The van der Waals surface area contributed by atoms with E-state index in [0.29, 0.717) is 30.3 Å². The molecule has 0 aliphatic heterocycles. The molecule has 0 bridgehead atoms. The SMILES string of the molecule is COc1ccccc1C(=O)CC[C@]1(c2ccccc2)CC[C@@H](NCCN)CC1. The first-order chi connectivity index (χ1) is 13.7. The van der Waals surface area contributed by atoms with E-state index in [2.05, 4.69) is 35.6 Å². The monoisotopic (exact) mass is 380 g/mol. The van der Waals surface area contributed by atoms with Crippen molar-refractivity contribution in [3.8, 4) is 5.75 Å². The lowest BCUT2D eigenvalue weighted by atomic mass is 9.65. The Bertz CT molecular complexity index is 752. The van der Waals surface area contributed by atoms with E-state index < -0.39 is 0 Å². The summed E-state index contributed by atoms with van der Waals surface area (Å²) in [5, 5.41) is 3.56. The second-order valence-corrected chi connectivity index (χ2v) is 7.79. The number of carbonyl (C=O) groups is 1. The standard InChI is InChI=1S/C24H32N2O2/c1-28-23-10-6-5-9-21(23)22(27)13-16-24(19-7-3-2-4-8-19)14-11-20(12-15-24)26-18-17-25/h2-10,20,26H,11-18,25H2,1H3/t20-,24+. The summed E-state index contributed by atoms with van der Waals surface area (Å²) in [5.41, 5.74) is 7.76. The smallest absolute Gasteiger partial charge is 0.166 e. The summed E-state index contributed by atoms with van der Waals surface area (Å²) in [6.07, 6.45) is 5.85. The molecule has 1 aliphatic rings. The average Bonchev–Trinajstić information content (AvgIpc) is 2.77. The third-order valence-electron chi connectivity index (χ3n) is 6.14. The van der Waals surface area contributed by atoms with Crippen LogP contribution in [0.15, 0.2) is 54.6 Å². The fourth-order valence-electron chi connectivity index (χ4n) is 4.50. The topological polar surface area (TPSA) is 64.3 Å². The molecule has 3 rings (SSSR count). The zero-order chi connectivity index (χ0) is 19.8. The highest BCUT2D eigenvalue weighted by molar-refractivity contribution is 5.98. The van der Waals surface area contributed by atoms with Gasteiger partial charge in [-0.25, -0.2) is 0 Å². The summed E-state index contributed by atoms with van der Waals surface area (Å²) < 4.78 is 5.38. The Morgan fingerprint density at radius 3 is 2.46 bits per heavy atom. The molecule has 0 aromatic heterocycles. The number of carbonyl (C=O) groups excluding carboxylic acids is 1. The van der Waals surface area contributed by atoms with Crippen molar-refractivity contribution in [3.63, 3.8) is 0 Å². The zero-order valence-electron chi connectivity index (χ0n) is 16.8. The summed E-state index contributed by atoms with van der Waals surface area (Å²) >= 11 is 0. The van der Waals surface area contributed by atoms with Crippen LogP contribution in [0, 0.1) is 0 Å². The van der Waals surface area contributed by atoms with E-state index in [0.717, 1.165) is 38.6 Å². The van der Waals surface area contributed by atoms with Crippen LogP contribution in [-0.4, -0.2) is 32.0 Å². The second kappa shape index (κ2) is 9.85. The largest absolute Gasteiger partial charge is 0.496 e. The first-order valence-electron chi connectivity index (χ1n) is 10.3. The van der Waals surface area contributed by atoms with Gasteiger partial charge in [0.15, 0.2) is 5.78 Å². The fourth-order valence-corrected chi connectivity index (χ4v) is 4.50. The van der Waals surface area contributed by atoms with Gasteiger partial charge in [-0.05, 0) is 55.2 Å². The molecule has 2 aromatic carbocycles. The van der Waals surface area contributed by atoms with E-state index in [1.165, 1.54) is 5.56 Å². The minimum absolute atomic E-state index is 0.0693. The fraction of sp³-hybridized carbons (Fsp3) is 0.458. The predicted octanol–water partition coefficient (Wildman–Crippen LogP) is 4.09. The van der Waals surface area contributed by atoms with Crippen molar-refractivity contribution in [1.29, 1.82) is 0 Å². The molecule has 0 heterocycles. The van der Waals surface area contributed by atoms with Gasteiger partial charge in [-0.15, -0.1) is 0 Å². The first-order valence-corrected chi connectivity index (χ1v) is 10.3. The van der Waals surface area contributed by atoms with Gasteiger partial charge in [0.2, 0.25) is 0 Å². The van der Waals surface area contributed by atoms with Crippen molar-refractivity contribution < 1.29 is 9.53 Å². The normalized spacial score (nSPS) is 22.0. The third-order valence-corrected chi connectivity index (χ3v) is 6.14. The summed E-state index contributed by atoms with van der Waals surface area (Å²) in [4.78, 5) is 12.9. The second-order valence-electron chi connectivity index (χ2n) is 7.79. The van der Waals surface area contributed by atoms with Crippen LogP contribution in [-0.2, 0) is 5.41 Å². The van der Waals surface area contributed by atoms with Gasteiger partial charge in [0.05, 0.1) is 12.7 Å². The highest BCUT2D eigenvalue weighted by atomic mass is 16.5. The van der Waals surface area contributed by atoms with Crippen LogP contribution < -0.4 is 15.8 Å². The number of nitrogens with two attached hydrogens (primary N) is 1. The molecule has 4 nitrogen and oxygen atoms in total. The van der Waals surface area contributed by atoms with E-state index in [-0.39, 0.29) is 11.2 Å². The molecular weight excluding hydrogens is 348 g/mol. The van der Waals surface area contributed by atoms with Crippen molar-refractivity contribution in [3.05, 3.63) is 65.7 Å². The minimum Gasteiger partial charge on any atom is -0.496 e. The van der Waals surface area contributed by atoms with Crippen molar-refractivity contribution in [2.24, 2.45) is 5.73 Å². The maximum absolute atomic E-state index is 12.9. The number of benzene rings is 2. The highest BCUT2D eigenvalue weighted by Gasteiger charge is 2.37. The maximum Gasteiger partial charge on any atom is 0.166 e. The van der Waals surface area contributed by atoms with Gasteiger partial charge in [-0.1, -0.05) is 42.5 Å². The molecular formula is C24H32N2O2. The van der Waals surface area contributed by atoms with Gasteiger partial charge >= 0.3 is 0 Å². The van der Waals surface area contributed by atoms with Crippen LogP contribution in [0.25, 0.3) is 0 Å². The molecule has 150 valence electrons. The van der Waals surface area contributed by atoms with Crippen LogP contribution in [0.1, 0.15) is 54.4 Å². The van der Waals surface area contributed by atoms with Crippen LogP contribution in [0.5, 0.6) is 5.75 Å². The molecule has 0 amide bonds. The van der Waals surface area contributed by atoms with Crippen LogP contribution in [0.2, 0.25) is 0 Å². The molecule has 1 fully saturated rings. The number of ketones is 1. The van der Waals surface area contributed by atoms with E-state index >= 15 is 0 Å². The number of rotatable bonds is 9. The van der Waals surface area contributed by atoms with Crippen LogP contribution in [0.4, 0.5) is 0 Å².